The number of benzene rings is 1. The molecule has 102 valence electrons. The fourth-order valence-corrected chi connectivity index (χ4v) is 3.21. The normalized spacial score (nSPS) is 11.7. The number of aryl methyl sites for hydroxylation is 2. The summed E-state index contributed by atoms with van der Waals surface area (Å²) >= 11 is 0. The third-order valence-electron chi connectivity index (χ3n) is 2.74. The molecule has 0 aliphatic heterocycles. The van der Waals surface area contributed by atoms with E-state index in [0.717, 1.165) is 5.76 Å². The smallest absolute Gasteiger partial charge is 0.243 e. The predicted octanol–water partition coefficient (Wildman–Crippen LogP) is 1.96. The van der Waals surface area contributed by atoms with E-state index < -0.39 is 10.0 Å². The lowest BCUT2D eigenvalue weighted by atomic mass is 10.2. The number of nitrogen functional groups attached to an aromatic ring is 1. The molecule has 0 fully saturated rings. The second kappa shape index (κ2) is 5.07. The van der Waals surface area contributed by atoms with E-state index in [4.69, 9.17) is 10.2 Å². The van der Waals surface area contributed by atoms with Crippen LogP contribution in [0.4, 0.5) is 5.69 Å². The van der Waals surface area contributed by atoms with Gasteiger partial charge in [0.15, 0.2) is 0 Å². The summed E-state index contributed by atoms with van der Waals surface area (Å²) in [6.45, 7) is 3.61. The molecule has 0 saturated carbocycles. The molecule has 0 aliphatic rings. The van der Waals surface area contributed by atoms with Crippen LogP contribution in [0.15, 0.2) is 39.6 Å². The van der Waals surface area contributed by atoms with Crippen molar-refractivity contribution in [1.29, 1.82) is 0 Å². The Labute approximate surface area is 112 Å². The SMILES string of the molecule is Cc1ccc(CNS(=O)(=O)c2c(C)cccc2N)o1. The topological polar surface area (TPSA) is 85.3 Å². The summed E-state index contributed by atoms with van der Waals surface area (Å²) in [6.07, 6.45) is 0. The Kier molecular flexibility index (Phi) is 3.64. The summed E-state index contributed by atoms with van der Waals surface area (Å²) < 4.78 is 32.2. The van der Waals surface area contributed by atoms with Gasteiger partial charge >= 0.3 is 0 Å². The van der Waals surface area contributed by atoms with E-state index >= 15 is 0 Å². The van der Waals surface area contributed by atoms with Crippen LogP contribution in [0.2, 0.25) is 0 Å². The lowest BCUT2D eigenvalue weighted by Crippen LogP contribution is -2.24. The van der Waals surface area contributed by atoms with Gasteiger partial charge in [0.2, 0.25) is 10.0 Å². The van der Waals surface area contributed by atoms with Gasteiger partial charge in [-0.25, -0.2) is 13.1 Å². The average molecular weight is 280 g/mol. The number of nitrogens with two attached hydrogens (primary N) is 1. The summed E-state index contributed by atoms with van der Waals surface area (Å²) in [5.74, 6) is 1.30. The van der Waals surface area contributed by atoms with Crippen molar-refractivity contribution in [2.45, 2.75) is 25.3 Å². The van der Waals surface area contributed by atoms with Crippen LogP contribution in [0, 0.1) is 13.8 Å². The molecule has 1 aromatic carbocycles. The minimum absolute atomic E-state index is 0.101. The Morgan fingerprint density at radius 1 is 1.21 bits per heavy atom. The van der Waals surface area contributed by atoms with Crippen molar-refractivity contribution in [2.75, 3.05) is 5.73 Å². The van der Waals surface area contributed by atoms with Crippen molar-refractivity contribution < 1.29 is 12.8 Å². The number of rotatable bonds is 4. The van der Waals surface area contributed by atoms with Crippen molar-refractivity contribution in [3.05, 3.63) is 47.4 Å². The van der Waals surface area contributed by atoms with E-state index in [-0.39, 0.29) is 17.1 Å². The van der Waals surface area contributed by atoms with Gasteiger partial charge in [0.25, 0.3) is 0 Å². The minimum atomic E-state index is -3.65. The molecule has 6 heteroatoms. The third-order valence-corrected chi connectivity index (χ3v) is 4.36. The molecule has 1 aromatic heterocycles. The van der Waals surface area contributed by atoms with Gasteiger partial charge in [0.05, 0.1) is 12.2 Å². The highest BCUT2D eigenvalue weighted by molar-refractivity contribution is 7.89. The summed E-state index contributed by atoms with van der Waals surface area (Å²) in [6, 6.07) is 8.52. The summed E-state index contributed by atoms with van der Waals surface area (Å²) in [7, 11) is -3.65. The van der Waals surface area contributed by atoms with Gasteiger partial charge in [-0.15, -0.1) is 0 Å². The van der Waals surface area contributed by atoms with Gasteiger partial charge in [-0.05, 0) is 37.6 Å². The van der Waals surface area contributed by atoms with Crippen LogP contribution in [-0.2, 0) is 16.6 Å². The molecule has 3 N–H and O–H groups in total. The maximum atomic E-state index is 12.2. The molecule has 0 saturated heterocycles. The molecule has 19 heavy (non-hydrogen) atoms. The van der Waals surface area contributed by atoms with Crippen molar-refractivity contribution in [2.24, 2.45) is 0 Å². The lowest BCUT2D eigenvalue weighted by molar-refractivity contribution is 0.475. The number of anilines is 1. The maximum absolute atomic E-state index is 12.2. The first-order valence-electron chi connectivity index (χ1n) is 5.80. The highest BCUT2D eigenvalue weighted by atomic mass is 32.2. The fourth-order valence-electron chi connectivity index (χ4n) is 1.86. The molecule has 0 amide bonds. The Balaban J connectivity index is 2.23. The molecule has 2 aromatic rings. The molecule has 0 aliphatic carbocycles. The largest absolute Gasteiger partial charge is 0.465 e. The zero-order chi connectivity index (χ0) is 14.0. The number of nitrogens with one attached hydrogen (secondary N) is 1. The van der Waals surface area contributed by atoms with Gasteiger partial charge in [-0.1, -0.05) is 12.1 Å². The second-order valence-corrected chi connectivity index (χ2v) is 6.03. The Hall–Kier alpha value is -1.79. The zero-order valence-corrected chi connectivity index (χ0v) is 11.6. The van der Waals surface area contributed by atoms with E-state index in [9.17, 15) is 8.42 Å². The Morgan fingerprint density at radius 3 is 2.53 bits per heavy atom. The van der Waals surface area contributed by atoms with Crippen molar-refractivity contribution in [1.82, 2.24) is 4.72 Å². The molecule has 5 nitrogen and oxygen atoms in total. The number of hydrogen-bond acceptors (Lipinski definition) is 4. The van der Waals surface area contributed by atoms with Crippen LogP contribution < -0.4 is 10.5 Å². The van der Waals surface area contributed by atoms with E-state index in [1.54, 1.807) is 44.2 Å². The third kappa shape index (κ3) is 2.97. The highest BCUT2D eigenvalue weighted by Gasteiger charge is 2.19. The molecule has 0 unspecified atom stereocenters. The van der Waals surface area contributed by atoms with Crippen LogP contribution >= 0.6 is 0 Å². The van der Waals surface area contributed by atoms with Gasteiger partial charge in [0.1, 0.15) is 16.4 Å². The molecule has 1 heterocycles. The molecule has 2 rings (SSSR count). The van der Waals surface area contributed by atoms with E-state index in [0.29, 0.717) is 11.3 Å². The Morgan fingerprint density at radius 2 is 1.95 bits per heavy atom. The number of sulfonamides is 1. The van der Waals surface area contributed by atoms with Crippen molar-refractivity contribution >= 4 is 15.7 Å². The number of furan rings is 1. The van der Waals surface area contributed by atoms with Gasteiger partial charge in [-0.2, -0.15) is 0 Å². The van der Waals surface area contributed by atoms with E-state index in [2.05, 4.69) is 4.72 Å². The van der Waals surface area contributed by atoms with E-state index in [1.165, 1.54) is 0 Å². The van der Waals surface area contributed by atoms with Crippen LogP contribution in [-0.4, -0.2) is 8.42 Å². The zero-order valence-electron chi connectivity index (χ0n) is 10.8. The molecule has 0 spiro atoms. The molecular weight excluding hydrogens is 264 g/mol. The van der Waals surface area contributed by atoms with E-state index in [1.807, 2.05) is 0 Å². The summed E-state index contributed by atoms with van der Waals surface area (Å²) in [5.41, 5.74) is 6.59. The molecule has 0 atom stereocenters. The van der Waals surface area contributed by atoms with Crippen LogP contribution in [0.1, 0.15) is 17.1 Å². The predicted molar refractivity (Wildman–Crippen MR) is 73.1 cm³/mol. The first-order valence-corrected chi connectivity index (χ1v) is 7.28. The monoisotopic (exact) mass is 280 g/mol. The number of hydrogen-bond donors (Lipinski definition) is 2. The first kappa shape index (κ1) is 13.6. The minimum Gasteiger partial charge on any atom is -0.465 e. The lowest BCUT2D eigenvalue weighted by Gasteiger charge is -2.10. The van der Waals surface area contributed by atoms with Crippen molar-refractivity contribution in [3.8, 4) is 0 Å². The van der Waals surface area contributed by atoms with Gasteiger partial charge < -0.3 is 10.2 Å². The van der Waals surface area contributed by atoms with Crippen LogP contribution in [0.5, 0.6) is 0 Å². The van der Waals surface area contributed by atoms with Crippen LogP contribution in [0.3, 0.4) is 0 Å². The fraction of sp³-hybridized carbons (Fsp3) is 0.231. The summed E-state index contributed by atoms with van der Waals surface area (Å²) in [5, 5.41) is 0. The highest BCUT2D eigenvalue weighted by Crippen LogP contribution is 2.22. The standard InChI is InChI=1S/C13H16N2O3S/c1-9-4-3-5-12(14)13(9)19(16,17)15-8-11-7-6-10(2)18-11/h3-7,15H,8,14H2,1-2H3. The van der Waals surface area contributed by atoms with Gasteiger partial charge in [-0.3, -0.25) is 0 Å². The Bertz CT molecular complexity index is 669. The maximum Gasteiger partial charge on any atom is 0.243 e. The molecule has 0 radical (unpaired) electrons. The molecular formula is C13H16N2O3S. The average Bonchev–Trinajstić information content (AvgIpc) is 2.72. The summed E-state index contributed by atoms with van der Waals surface area (Å²) in [4.78, 5) is 0.123. The van der Waals surface area contributed by atoms with Crippen molar-refractivity contribution in [3.63, 3.8) is 0 Å². The molecule has 0 bridgehead atoms. The quantitative estimate of drug-likeness (QED) is 0.838. The second-order valence-electron chi connectivity index (χ2n) is 4.33. The van der Waals surface area contributed by atoms with Gasteiger partial charge in [0, 0.05) is 0 Å². The first-order chi connectivity index (χ1) is 8.90. The van der Waals surface area contributed by atoms with Crippen LogP contribution in [0.25, 0.3) is 0 Å².